The number of hydrogen-bond donors (Lipinski definition) is 1. The van der Waals surface area contributed by atoms with Crippen LogP contribution in [0.2, 0.25) is 0 Å². The van der Waals surface area contributed by atoms with Gasteiger partial charge in [0.05, 0.1) is 15.5 Å². The van der Waals surface area contributed by atoms with Crippen LogP contribution in [-0.4, -0.2) is 31.0 Å². The summed E-state index contributed by atoms with van der Waals surface area (Å²) >= 11 is 0. The third-order valence-corrected chi connectivity index (χ3v) is 5.47. The number of hydrogen-bond acceptors (Lipinski definition) is 5. The summed E-state index contributed by atoms with van der Waals surface area (Å²) in [7, 11) is -4.30. The topological polar surface area (TPSA) is 118 Å². The van der Waals surface area contributed by atoms with Gasteiger partial charge in [0.2, 0.25) is 0 Å². The first-order valence-corrected chi connectivity index (χ1v) is 8.63. The SMILES string of the molecule is Cc1ccc(N(CC(=O)O)S(=O)(=O)c2cc([N+](=O)[O-])ccc2C)cc1. The van der Waals surface area contributed by atoms with E-state index in [0.29, 0.717) is 0 Å². The van der Waals surface area contributed by atoms with Gasteiger partial charge in [-0.2, -0.15) is 0 Å². The Balaban J connectivity index is 2.63. The van der Waals surface area contributed by atoms with E-state index in [1.807, 2.05) is 6.92 Å². The third-order valence-electron chi connectivity index (χ3n) is 3.55. The summed E-state index contributed by atoms with van der Waals surface area (Å²) in [6.07, 6.45) is 0. The summed E-state index contributed by atoms with van der Waals surface area (Å²) in [5.41, 5.74) is 0.943. The molecule has 132 valence electrons. The van der Waals surface area contributed by atoms with E-state index < -0.39 is 27.5 Å². The second kappa shape index (κ2) is 6.89. The summed E-state index contributed by atoms with van der Waals surface area (Å²) in [5.74, 6) is -1.34. The Morgan fingerprint density at radius 1 is 1.16 bits per heavy atom. The number of carboxylic acid groups (broad SMARTS) is 1. The number of nitro benzene ring substituents is 1. The molecular formula is C16H16N2O6S. The maximum absolute atomic E-state index is 13.0. The fraction of sp³-hybridized carbons (Fsp3) is 0.188. The first kappa shape index (κ1) is 18.4. The van der Waals surface area contributed by atoms with Crippen LogP contribution in [0.4, 0.5) is 11.4 Å². The molecule has 0 saturated heterocycles. The summed E-state index contributed by atoms with van der Waals surface area (Å²) in [6, 6.07) is 9.74. The molecule has 0 amide bonds. The number of rotatable bonds is 6. The number of aliphatic carboxylic acids is 1. The Morgan fingerprint density at radius 3 is 2.28 bits per heavy atom. The van der Waals surface area contributed by atoms with Crippen LogP contribution in [0, 0.1) is 24.0 Å². The number of nitro groups is 1. The van der Waals surface area contributed by atoms with Crippen molar-refractivity contribution in [2.24, 2.45) is 0 Å². The molecule has 0 aliphatic rings. The van der Waals surface area contributed by atoms with Gasteiger partial charge in [0, 0.05) is 12.1 Å². The van der Waals surface area contributed by atoms with Gasteiger partial charge in [0.1, 0.15) is 6.54 Å². The van der Waals surface area contributed by atoms with Crippen molar-refractivity contribution in [2.45, 2.75) is 18.7 Å². The van der Waals surface area contributed by atoms with Crippen LogP contribution >= 0.6 is 0 Å². The number of anilines is 1. The Morgan fingerprint density at radius 2 is 1.76 bits per heavy atom. The minimum atomic E-state index is -4.30. The Labute approximate surface area is 144 Å². The van der Waals surface area contributed by atoms with Gasteiger partial charge >= 0.3 is 5.97 Å². The van der Waals surface area contributed by atoms with E-state index in [2.05, 4.69) is 0 Å². The molecule has 2 rings (SSSR count). The van der Waals surface area contributed by atoms with E-state index in [1.54, 1.807) is 12.1 Å². The van der Waals surface area contributed by atoms with Gasteiger partial charge in [-0.15, -0.1) is 0 Å². The van der Waals surface area contributed by atoms with Crippen LogP contribution < -0.4 is 4.31 Å². The molecule has 8 nitrogen and oxygen atoms in total. The van der Waals surface area contributed by atoms with Crippen molar-refractivity contribution in [1.29, 1.82) is 0 Å². The maximum Gasteiger partial charge on any atom is 0.324 e. The molecule has 0 atom stereocenters. The van der Waals surface area contributed by atoms with Crippen molar-refractivity contribution in [3.8, 4) is 0 Å². The third kappa shape index (κ3) is 3.94. The number of non-ortho nitro benzene ring substituents is 1. The molecule has 2 aromatic carbocycles. The lowest BCUT2D eigenvalue weighted by Crippen LogP contribution is -2.36. The molecule has 25 heavy (non-hydrogen) atoms. The molecule has 0 aliphatic heterocycles. The van der Waals surface area contributed by atoms with Gasteiger partial charge in [0.15, 0.2) is 0 Å². The molecule has 0 radical (unpaired) electrons. The zero-order chi connectivity index (χ0) is 18.8. The number of sulfonamides is 1. The van der Waals surface area contributed by atoms with Crippen molar-refractivity contribution in [3.05, 3.63) is 63.7 Å². The lowest BCUT2D eigenvalue weighted by atomic mass is 10.2. The number of nitrogens with zero attached hydrogens (tertiary/aromatic N) is 2. The van der Waals surface area contributed by atoms with Crippen LogP contribution in [0.15, 0.2) is 47.4 Å². The number of aryl methyl sites for hydroxylation is 2. The van der Waals surface area contributed by atoms with Gasteiger partial charge < -0.3 is 5.11 Å². The van der Waals surface area contributed by atoms with Gasteiger partial charge in [-0.05, 0) is 31.5 Å². The van der Waals surface area contributed by atoms with Crippen molar-refractivity contribution in [3.63, 3.8) is 0 Å². The average Bonchev–Trinajstić information content (AvgIpc) is 2.53. The average molecular weight is 364 g/mol. The quantitative estimate of drug-likeness (QED) is 0.621. The van der Waals surface area contributed by atoms with E-state index in [0.717, 1.165) is 15.9 Å². The van der Waals surface area contributed by atoms with E-state index >= 15 is 0 Å². The number of carbonyl (C=O) groups is 1. The zero-order valence-corrected chi connectivity index (χ0v) is 14.4. The molecule has 0 aliphatic carbocycles. The summed E-state index contributed by atoms with van der Waals surface area (Å²) in [5, 5.41) is 20.1. The molecule has 1 N–H and O–H groups in total. The molecule has 0 aromatic heterocycles. The van der Waals surface area contributed by atoms with Crippen molar-refractivity contribution in [2.75, 3.05) is 10.8 Å². The Bertz CT molecular complexity index is 922. The number of benzene rings is 2. The Hall–Kier alpha value is -2.94. The van der Waals surface area contributed by atoms with E-state index in [-0.39, 0.29) is 21.8 Å². The molecule has 0 bridgehead atoms. The van der Waals surface area contributed by atoms with Crippen LogP contribution in [-0.2, 0) is 14.8 Å². The van der Waals surface area contributed by atoms with E-state index in [1.165, 1.54) is 31.2 Å². The highest BCUT2D eigenvalue weighted by Crippen LogP contribution is 2.28. The molecule has 0 unspecified atom stereocenters. The van der Waals surface area contributed by atoms with Gasteiger partial charge in [-0.1, -0.05) is 23.8 Å². The second-order valence-corrected chi connectivity index (χ2v) is 7.28. The summed E-state index contributed by atoms with van der Waals surface area (Å²) in [4.78, 5) is 21.1. The molecule has 9 heteroatoms. The fourth-order valence-electron chi connectivity index (χ4n) is 2.25. The Kier molecular flexibility index (Phi) is 5.07. The molecule has 0 fully saturated rings. The van der Waals surface area contributed by atoms with Gasteiger partial charge in [-0.25, -0.2) is 8.42 Å². The van der Waals surface area contributed by atoms with Gasteiger partial charge in [0.25, 0.3) is 15.7 Å². The smallest absolute Gasteiger partial charge is 0.324 e. The zero-order valence-electron chi connectivity index (χ0n) is 13.5. The predicted molar refractivity (Wildman–Crippen MR) is 91.2 cm³/mol. The number of carboxylic acids is 1. The first-order chi connectivity index (χ1) is 11.6. The largest absolute Gasteiger partial charge is 0.480 e. The minimum absolute atomic E-state index is 0.166. The molecule has 2 aromatic rings. The highest BCUT2D eigenvalue weighted by molar-refractivity contribution is 7.93. The minimum Gasteiger partial charge on any atom is -0.480 e. The van der Waals surface area contributed by atoms with Crippen molar-refractivity contribution in [1.82, 2.24) is 0 Å². The molecule has 0 heterocycles. The highest BCUT2D eigenvalue weighted by Gasteiger charge is 2.30. The standard InChI is InChI=1S/C16H16N2O6S/c1-11-3-6-13(7-4-11)17(10-16(19)20)25(23,24)15-9-14(18(21)22)8-5-12(15)2/h3-9H,10H2,1-2H3,(H,19,20). The lowest BCUT2D eigenvalue weighted by molar-refractivity contribution is -0.385. The highest BCUT2D eigenvalue weighted by atomic mass is 32.2. The summed E-state index contributed by atoms with van der Waals surface area (Å²) in [6.45, 7) is 2.50. The second-order valence-electron chi connectivity index (χ2n) is 5.45. The first-order valence-electron chi connectivity index (χ1n) is 7.19. The predicted octanol–water partition coefficient (Wildman–Crippen LogP) is 2.49. The molecular weight excluding hydrogens is 348 g/mol. The normalized spacial score (nSPS) is 11.1. The maximum atomic E-state index is 13.0. The lowest BCUT2D eigenvalue weighted by Gasteiger charge is -2.23. The van der Waals surface area contributed by atoms with Gasteiger partial charge in [-0.3, -0.25) is 19.2 Å². The van der Waals surface area contributed by atoms with Crippen LogP contribution in [0.5, 0.6) is 0 Å². The van der Waals surface area contributed by atoms with Crippen LogP contribution in [0.1, 0.15) is 11.1 Å². The monoisotopic (exact) mass is 364 g/mol. The van der Waals surface area contributed by atoms with Crippen LogP contribution in [0.3, 0.4) is 0 Å². The molecule has 0 spiro atoms. The fourth-order valence-corrected chi connectivity index (χ4v) is 3.91. The molecule has 0 saturated carbocycles. The summed E-state index contributed by atoms with van der Waals surface area (Å²) < 4.78 is 26.7. The van der Waals surface area contributed by atoms with Crippen LogP contribution in [0.25, 0.3) is 0 Å². The van der Waals surface area contributed by atoms with Crippen molar-refractivity contribution >= 4 is 27.4 Å². The van der Waals surface area contributed by atoms with Crippen molar-refractivity contribution < 1.29 is 23.2 Å². The van der Waals surface area contributed by atoms with E-state index in [4.69, 9.17) is 5.11 Å². The van der Waals surface area contributed by atoms with E-state index in [9.17, 15) is 23.3 Å².